The van der Waals surface area contributed by atoms with Gasteiger partial charge in [-0.15, -0.1) is 10.2 Å². The van der Waals surface area contributed by atoms with Gasteiger partial charge < -0.3 is 66.3 Å². The van der Waals surface area contributed by atoms with Gasteiger partial charge in [-0.2, -0.15) is 0 Å². The summed E-state index contributed by atoms with van der Waals surface area (Å²) in [5.74, 6) is -6.55. The molecule has 2 aromatic heterocycles. The van der Waals surface area contributed by atoms with Crippen molar-refractivity contribution >= 4 is 94.7 Å². The molecular weight excluding hydrogens is 1260 g/mol. The van der Waals surface area contributed by atoms with Gasteiger partial charge >= 0.3 is 47.8 Å². The first-order valence-electron chi connectivity index (χ1n) is 28.6. The molecule has 30 nitrogen and oxygen atoms in total. The molecule has 0 bridgehead atoms. The van der Waals surface area contributed by atoms with Crippen molar-refractivity contribution < 1.29 is 114 Å². The topological polar surface area (TPSA) is 361 Å². The first kappa shape index (κ1) is 72.4. The highest BCUT2D eigenvalue weighted by Crippen LogP contribution is 2.34. The highest BCUT2D eigenvalue weighted by atomic mass is 35.5. The Kier molecular flexibility index (Phi) is 28.2. The predicted octanol–water partition coefficient (Wildman–Crippen LogP) is 4.26. The Balaban J connectivity index is 0.931. The summed E-state index contributed by atoms with van der Waals surface area (Å²) in [4.78, 5) is 124. The van der Waals surface area contributed by atoms with E-state index in [1.807, 2.05) is 0 Å². The summed E-state index contributed by atoms with van der Waals surface area (Å²) in [5.41, 5.74) is 1.79. The number of hydrogen-bond donors (Lipinski definition) is 0. The molecule has 2 aliphatic heterocycles. The van der Waals surface area contributed by atoms with E-state index in [9.17, 15) is 47.9 Å². The number of carbonyl (C=O) groups excluding carboxylic acids is 10. The SMILES string of the molecule is CC(=O)OC[C@H]1O[C@@H](CC(=O)/C=C/c2cc(Cl)ccc2OCc2cn(CCOCCOCCn3cc(COc4ccc(Cl)cc4/C=C/C(=O)C[C@@H]4O[C@H](COC(C)=O)[C@@H](OC(C)=O)[C@H](OC(C)=O)[C@H]4OC(C)=O)nn3)nn2)[C@H](OC(C)=O)[C@@H](OC(C)=O)[C@@H]1OC(C)=O. The fourth-order valence-corrected chi connectivity index (χ4v) is 9.76. The molecular formula is C60H70Cl2N6O24. The van der Waals surface area contributed by atoms with Gasteiger partial charge in [0.1, 0.15) is 73.7 Å². The number of rotatable bonds is 33. The van der Waals surface area contributed by atoms with E-state index in [2.05, 4.69) is 20.6 Å². The van der Waals surface area contributed by atoms with E-state index in [-0.39, 0.29) is 39.6 Å². The van der Waals surface area contributed by atoms with Crippen LogP contribution in [-0.2, 0) is 131 Å². The molecule has 2 aromatic carbocycles. The second-order valence-corrected chi connectivity index (χ2v) is 21.5. The lowest BCUT2D eigenvalue weighted by molar-refractivity contribution is -0.252. The Morgan fingerprint density at radius 3 is 1.13 bits per heavy atom. The van der Waals surface area contributed by atoms with Crippen molar-refractivity contribution in [3.63, 3.8) is 0 Å². The normalized spacial score (nSPS) is 21.2. The van der Waals surface area contributed by atoms with Gasteiger partial charge in [-0.25, -0.2) is 9.36 Å². The number of hydrogen-bond acceptors (Lipinski definition) is 28. The van der Waals surface area contributed by atoms with Gasteiger partial charge in [0.15, 0.2) is 48.2 Å². The number of nitrogens with zero attached hydrogens (tertiary/aromatic N) is 6. The summed E-state index contributed by atoms with van der Waals surface area (Å²) >= 11 is 12.6. The Labute approximate surface area is 537 Å². The summed E-state index contributed by atoms with van der Waals surface area (Å²) in [6, 6.07) is 9.55. The number of esters is 8. The fourth-order valence-electron chi connectivity index (χ4n) is 9.39. The Hall–Kier alpha value is -8.68. The van der Waals surface area contributed by atoms with Gasteiger partial charge in [0.2, 0.25) is 0 Å². The van der Waals surface area contributed by atoms with Gasteiger partial charge in [-0.05, 0) is 60.7 Å². The van der Waals surface area contributed by atoms with Crippen molar-refractivity contribution in [2.45, 2.75) is 156 Å². The summed E-state index contributed by atoms with van der Waals surface area (Å²) in [6.07, 6.45) is -5.46. The van der Waals surface area contributed by atoms with Crippen molar-refractivity contribution in [1.82, 2.24) is 30.0 Å². The van der Waals surface area contributed by atoms with E-state index in [0.717, 1.165) is 55.4 Å². The van der Waals surface area contributed by atoms with Crippen LogP contribution < -0.4 is 9.47 Å². The molecule has 0 spiro atoms. The fraction of sp³-hybridized carbons (Fsp3) is 0.500. The molecule has 2 saturated heterocycles. The van der Waals surface area contributed by atoms with Crippen LogP contribution in [0.3, 0.4) is 0 Å². The van der Waals surface area contributed by atoms with E-state index in [1.165, 1.54) is 24.3 Å². The van der Waals surface area contributed by atoms with Crippen LogP contribution in [0, 0.1) is 0 Å². The monoisotopic (exact) mass is 1330 g/mol. The zero-order chi connectivity index (χ0) is 67.0. The van der Waals surface area contributed by atoms with E-state index in [1.54, 1.807) is 58.2 Å². The maximum Gasteiger partial charge on any atom is 0.303 e. The number of ether oxygens (including phenoxy) is 14. The summed E-state index contributed by atoms with van der Waals surface area (Å²) in [6.45, 7) is 9.82. The summed E-state index contributed by atoms with van der Waals surface area (Å²) in [5, 5.41) is 17.3. The van der Waals surface area contributed by atoms with Crippen LogP contribution in [0.1, 0.15) is 90.7 Å². The molecule has 92 heavy (non-hydrogen) atoms. The lowest BCUT2D eigenvalue weighted by Gasteiger charge is -2.44. The lowest BCUT2D eigenvalue weighted by atomic mass is 9.91. The Morgan fingerprint density at radius 2 is 0.793 bits per heavy atom. The zero-order valence-corrected chi connectivity index (χ0v) is 52.9. The van der Waals surface area contributed by atoms with Crippen LogP contribution in [0.2, 0.25) is 10.0 Å². The second-order valence-electron chi connectivity index (χ2n) is 20.6. The average molecular weight is 1330 g/mol. The Bertz CT molecular complexity index is 3100. The van der Waals surface area contributed by atoms with E-state index in [0.29, 0.717) is 57.1 Å². The number of ketones is 2. The molecule has 0 N–H and O–H groups in total. The van der Waals surface area contributed by atoms with Gasteiger partial charge in [0.25, 0.3) is 0 Å². The Morgan fingerprint density at radius 1 is 0.457 bits per heavy atom. The molecule has 0 unspecified atom stereocenters. The minimum absolute atomic E-state index is 0.0137. The van der Waals surface area contributed by atoms with Gasteiger partial charge in [0, 0.05) is 89.4 Å². The maximum absolute atomic E-state index is 13.5. The highest BCUT2D eigenvalue weighted by Gasteiger charge is 2.54. The number of halogens is 2. The van der Waals surface area contributed by atoms with Crippen LogP contribution >= 0.6 is 23.2 Å². The second kappa shape index (κ2) is 35.8. The van der Waals surface area contributed by atoms with Crippen molar-refractivity contribution in [2.24, 2.45) is 0 Å². The standard InChI is InChI=1S/C60H70Cl2N6O24/c1-33(69)81-31-53-57(87-37(5)73)59(89-39(7)75)55(85-35(3)71)51(91-53)25-47(77)13-9-41-23-43(61)11-15-49(41)83-29-45-27-67(65-63-45)17-19-79-21-22-80-20-18-68-28-46(64-66-68)30-84-50-16-12-44(62)24-42(50)10-14-48(78)26-52-56(86-36(4)72)60(90-40(8)76)58(88-38(6)74)54(92-52)32-82-34(2)70/h9-16,23-24,27-28,51-60H,17-22,25-26,29-32H2,1-8H3/b13-9+,14-10+/t51-,52-,53+,54+,55-,56-,57+,58+,59+,60+/m0/s1. The first-order chi connectivity index (χ1) is 43.8. The van der Waals surface area contributed by atoms with Gasteiger partial charge in [-0.1, -0.05) is 33.6 Å². The molecule has 498 valence electrons. The van der Waals surface area contributed by atoms with Crippen LogP contribution in [0.5, 0.6) is 11.5 Å². The minimum atomic E-state index is -1.43. The van der Waals surface area contributed by atoms with E-state index >= 15 is 0 Å². The van der Waals surface area contributed by atoms with Crippen molar-refractivity contribution in [1.29, 1.82) is 0 Å². The van der Waals surface area contributed by atoms with E-state index in [4.69, 9.17) is 89.5 Å². The molecule has 0 radical (unpaired) electrons. The molecule has 0 amide bonds. The van der Waals surface area contributed by atoms with E-state index < -0.39 is 146 Å². The average Bonchev–Trinajstić information content (AvgIpc) is 0.949. The molecule has 4 aromatic rings. The molecule has 0 saturated carbocycles. The summed E-state index contributed by atoms with van der Waals surface area (Å²) < 4.78 is 81.8. The minimum Gasteiger partial charge on any atom is -0.487 e. The molecule has 2 aliphatic rings. The molecule has 32 heteroatoms. The largest absolute Gasteiger partial charge is 0.487 e. The number of allylic oxidation sites excluding steroid dienone is 2. The van der Waals surface area contributed by atoms with Gasteiger partial charge in [-0.3, -0.25) is 47.9 Å². The van der Waals surface area contributed by atoms with Crippen molar-refractivity contribution in [3.05, 3.63) is 93.5 Å². The van der Waals surface area contributed by atoms with Crippen molar-refractivity contribution in [3.8, 4) is 11.5 Å². The third kappa shape index (κ3) is 23.8. The molecule has 6 rings (SSSR count). The van der Waals surface area contributed by atoms with Crippen LogP contribution in [0.25, 0.3) is 12.2 Å². The zero-order valence-electron chi connectivity index (χ0n) is 51.4. The highest BCUT2D eigenvalue weighted by molar-refractivity contribution is 6.31. The molecule has 0 aliphatic carbocycles. The smallest absolute Gasteiger partial charge is 0.303 e. The summed E-state index contributed by atoms with van der Waals surface area (Å²) in [7, 11) is 0. The quantitative estimate of drug-likeness (QED) is 0.0278. The lowest BCUT2D eigenvalue weighted by Crippen LogP contribution is -2.62. The molecule has 2 fully saturated rings. The first-order valence-corrected chi connectivity index (χ1v) is 29.4. The van der Waals surface area contributed by atoms with Crippen molar-refractivity contribution in [2.75, 3.05) is 39.6 Å². The number of aromatic nitrogens is 6. The van der Waals surface area contributed by atoms with Gasteiger partial charge in [0.05, 0.1) is 51.9 Å². The number of carbonyl (C=O) groups is 10. The molecule has 10 atom stereocenters. The molecule has 4 heterocycles. The van der Waals surface area contributed by atoms with Crippen LogP contribution in [0.4, 0.5) is 0 Å². The third-order valence-electron chi connectivity index (χ3n) is 13.0. The van der Waals surface area contributed by atoms with Crippen LogP contribution in [-0.4, -0.2) is 190 Å². The van der Waals surface area contributed by atoms with Crippen LogP contribution in [0.15, 0.2) is 60.9 Å². The maximum atomic E-state index is 13.5. The predicted molar refractivity (Wildman–Crippen MR) is 314 cm³/mol. The number of benzene rings is 2. The third-order valence-corrected chi connectivity index (χ3v) is 13.5.